The van der Waals surface area contributed by atoms with Gasteiger partial charge in [-0.05, 0) is 30.2 Å². The second kappa shape index (κ2) is 3.59. The number of rotatable bonds is 1. The summed E-state index contributed by atoms with van der Waals surface area (Å²) in [5, 5.41) is 1.35. The number of anilines is 1. The number of aromatic nitrogens is 1. The second-order valence-corrected chi connectivity index (χ2v) is 4.52. The Hall–Kier alpha value is -1.06. The third-order valence-corrected chi connectivity index (χ3v) is 3.07. The fourth-order valence-corrected chi connectivity index (χ4v) is 2.32. The molecule has 1 aromatic heterocycles. The molecule has 0 spiro atoms. The lowest BCUT2D eigenvalue weighted by Crippen LogP contribution is -1.79. The lowest BCUT2D eigenvalue weighted by atomic mass is 10.1. The van der Waals surface area contributed by atoms with E-state index in [9.17, 15) is 0 Å². The number of nitrogens with zero attached hydrogens (tertiary/aromatic N) is 1. The Morgan fingerprint density at radius 3 is 2.79 bits per heavy atom. The highest BCUT2D eigenvalue weighted by Crippen LogP contribution is 2.31. The van der Waals surface area contributed by atoms with E-state index < -0.39 is 0 Å². The average Bonchev–Trinajstić information content (AvgIpc) is 2.51. The first kappa shape index (κ1) is 9.49. The van der Waals surface area contributed by atoms with Gasteiger partial charge in [0.1, 0.15) is 0 Å². The molecule has 0 aliphatic rings. The van der Waals surface area contributed by atoms with Gasteiger partial charge in [-0.1, -0.05) is 29.0 Å². The third-order valence-electron chi connectivity index (χ3n) is 1.98. The normalized spacial score (nSPS) is 10.4. The molecule has 0 bridgehead atoms. The van der Waals surface area contributed by atoms with Gasteiger partial charge in [0.2, 0.25) is 0 Å². The molecule has 1 heterocycles. The first-order chi connectivity index (χ1) is 6.66. The molecule has 0 atom stereocenters. The van der Waals surface area contributed by atoms with E-state index in [0.717, 1.165) is 21.0 Å². The van der Waals surface area contributed by atoms with Crippen molar-refractivity contribution in [2.45, 2.75) is 6.92 Å². The number of nitrogens with two attached hydrogens (primary N) is 1. The Morgan fingerprint density at radius 2 is 2.21 bits per heavy atom. The van der Waals surface area contributed by atoms with Gasteiger partial charge < -0.3 is 5.73 Å². The van der Waals surface area contributed by atoms with Crippen LogP contribution in [0, 0.1) is 6.92 Å². The Morgan fingerprint density at radius 1 is 1.43 bits per heavy atom. The highest BCUT2D eigenvalue weighted by atomic mass is 35.5. The van der Waals surface area contributed by atoms with Crippen LogP contribution in [0.4, 0.5) is 5.13 Å². The van der Waals surface area contributed by atoms with Crippen LogP contribution in [0.25, 0.3) is 10.4 Å². The van der Waals surface area contributed by atoms with E-state index in [1.165, 1.54) is 11.3 Å². The molecule has 0 fully saturated rings. The van der Waals surface area contributed by atoms with Crippen LogP contribution in [0.5, 0.6) is 0 Å². The van der Waals surface area contributed by atoms with E-state index in [2.05, 4.69) is 4.98 Å². The van der Waals surface area contributed by atoms with Crippen molar-refractivity contribution in [1.82, 2.24) is 4.98 Å². The molecule has 2 nitrogen and oxygen atoms in total. The third kappa shape index (κ3) is 1.74. The number of aryl methyl sites for hydroxylation is 1. The van der Waals surface area contributed by atoms with Crippen LogP contribution in [-0.2, 0) is 0 Å². The molecule has 0 amide bonds. The van der Waals surface area contributed by atoms with Crippen molar-refractivity contribution in [2.75, 3.05) is 5.73 Å². The van der Waals surface area contributed by atoms with Crippen LogP contribution in [0.1, 0.15) is 5.56 Å². The molecule has 0 saturated carbocycles. The molecular formula is C10H9ClN2S. The minimum Gasteiger partial charge on any atom is -0.375 e. The topological polar surface area (TPSA) is 38.9 Å². The highest BCUT2D eigenvalue weighted by molar-refractivity contribution is 7.18. The van der Waals surface area contributed by atoms with Crippen molar-refractivity contribution in [1.29, 1.82) is 0 Å². The van der Waals surface area contributed by atoms with E-state index >= 15 is 0 Å². The monoisotopic (exact) mass is 224 g/mol. The van der Waals surface area contributed by atoms with Crippen molar-refractivity contribution in [2.24, 2.45) is 0 Å². The zero-order valence-corrected chi connectivity index (χ0v) is 9.19. The Bertz CT molecular complexity index is 465. The van der Waals surface area contributed by atoms with Crippen LogP contribution < -0.4 is 5.73 Å². The lowest BCUT2D eigenvalue weighted by molar-refractivity contribution is 1.41. The Kier molecular flexibility index (Phi) is 2.44. The molecule has 72 valence electrons. The number of hydrogen-bond donors (Lipinski definition) is 1. The van der Waals surface area contributed by atoms with Gasteiger partial charge >= 0.3 is 0 Å². The summed E-state index contributed by atoms with van der Waals surface area (Å²) < 4.78 is 0. The van der Waals surface area contributed by atoms with Crippen LogP contribution in [0.3, 0.4) is 0 Å². The van der Waals surface area contributed by atoms with Crippen molar-refractivity contribution < 1.29 is 0 Å². The molecule has 4 heteroatoms. The van der Waals surface area contributed by atoms with Crippen LogP contribution >= 0.6 is 22.9 Å². The standard InChI is InChI=1S/C10H9ClN2S/c1-6-4-7(11)2-3-8(6)9-5-13-10(12)14-9/h2-5H,1H3,(H2,12,13). The van der Waals surface area contributed by atoms with Crippen LogP contribution in [-0.4, -0.2) is 4.98 Å². The van der Waals surface area contributed by atoms with Gasteiger partial charge in [0, 0.05) is 11.2 Å². The van der Waals surface area contributed by atoms with E-state index in [-0.39, 0.29) is 0 Å². The fourth-order valence-electron chi connectivity index (χ4n) is 1.32. The maximum atomic E-state index is 5.87. The van der Waals surface area contributed by atoms with E-state index in [1.807, 2.05) is 25.1 Å². The predicted octanol–water partition coefficient (Wildman–Crippen LogP) is 3.35. The van der Waals surface area contributed by atoms with Crippen molar-refractivity contribution in [3.8, 4) is 10.4 Å². The maximum absolute atomic E-state index is 5.87. The second-order valence-electron chi connectivity index (χ2n) is 3.02. The summed E-state index contributed by atoms with van der Waals surface area (Å²) in [5.74, 6) is 0. The Balaban J connectivity index is 2.52. The molecule has 0 saturated heterocycles. The van der Waals surface area contributed by atoms with E-state index in [0.29, 0.717) is 5.13 Å². The maximum Gasteiger partial charge on any atom is 0.180 e. The molecule has 0 aliphatic heterocycles. The number of benzene rings is 1. The summed E-state index contributed by atoms with van der Waals surface area (Å²) >= 11 is 7.36. The molecule has 0 aliphatic carbocycles. The highest BCUT2D eigenvalue weighted by Gasteiger charge is 2.05. The molecule has 0 radical (unpaired) electrons. The Labute approximate surface area is 91.4 Å². The van der Waals surface area contributed by atoms with Gasteiger partial charge in [0.25, 0.3) is 0 Å². The summed E-state index contributed by atoms with van der Waals surface area (Å²) in [4.78, 5) is 5.10. The van der Waals surface area contributed by atoms with E-state index in [4.69, 9.17) is 17.3 Å². The van der Waals surface area contributed by atoms with Gasteiger partial charge in [0.15, 0.2) is 5.13 Å². The molecule has 2 aromatic rings. The average molecular weight is 225 g/mol. The summed E-state index contributed by atoms with van der Waals surface area (Å²) in [5.41, 5.74) is 7.86. The number of halogens is 1. The summed E-state index contributed by atoms with van der Waals surface area (Å²) in [7, 11) is 0. The number of thiazole rings is 1. The van der Waals surface area contributed by atoms with Crippen molar-refractivity contribution in [3.05, 3.63) is 35.0 Å². The number of hydrogen-bond acceptors (Lipinski definition) is 3. The van der Waals surface area contributed by atoms with Gasteiger partial charge in [-0.25, -0.2) is 4.98 Å². The quantitative estimate of drug-likeness (QED) is 0.807. The molecule has 14 heavy (non-hydrogen) atoms. The molecule has 1 aromatic carbocycles. The van der Waals surface area contributed by atoms with Crippen LogP contribution in [0.15, 0.2) is 24.4 Å². The van der Waals surface area contributed by atoms with Gasteiger partial charge in [0.05, 0.1) is 4.88 Å². The number of nitrogen functional groups attached to an aromatic ring is 1. The molecule has 2 N–H and O–H groups in total. The summed E-state index contributed by atoms with van der Waals surface area (Å²) in [6.45, 7) is 2.02. The molecule has 0 unspecified atom stereocenters. The van der Waals surface area contributed by atoms with E-state index in [1.54, 1.807) is 6.20 Å². The van der Waals surface area contributed by atoms with Crippen molar-refractivity contribution >= 4 is 28.1 Å². The zero-order chi connectivity index (χ0) is 10.1. The zero-order valence-electron chi connectivity index (χ0n) is 7.62. The molecular weight excluding hydrogens is 216 g/mol. The van der Waals surface area contributed by atoms with Crippen LogP contribution in [0.2, 0.25) is 5.02 Å². The summed E-state index contributed by atoms with van der Waals surface area (Å²) in [6.07, 6.45) is 1.79. The van der Waals surface area contributed by atoms with Crippen molar-refractivity contribution in [3.63, 3.8) is 0 Å². The van der Waals surface area contributed by atoms with Gasteiger partial charge in [-0.2, -0.15) is 0 Å². The summed E-state index contributed by atoms with van der Waals surface area (Å²) in [6, 6.07) is 5.80. The minimum atomic E-state index is 0.592. The molecule has 2 rings (SSSR count). The van der Waals surface area contributed by atoms with Gasteiger partial charge in [-0.15, -0.1) is 0 Å². The predicted molar refractivity (Wildman–Crippen MR) is 61.7 cm³/mol. The fraction of sp³-hybridized carbons (Fsp3) is 0.100. The lowest BCUT2D eigenvalue weighted by Gasteiger charge is -2.02. The minimum absolute atomic E-state index is 0.592. The first-order valence-electron chi connectivity index (χ1n) is 4.14. The first-order valence-corrected chi connectivity index (χ1v) is 5.34. The SMILES string of the molecule is Cc1cc(Cl)ccc1-c1cnc(N)s1. The largest absolute Gasteiger partial charge is 0.375 e. The smallest absolute Gasteiger partial charge is 0.180 e. The van der Waals surface area contributed by atoms with Gasteiger partial charge in [-0.3, -0.25) is 0 Å².